The van der Waals surface area contributed by atoms with Crippen molar-refractivity contribution in [3.63, 3.8) is 0 Å². The van der Waals surface area contributed by atoms with Crippen LogP contribution in [0.1, 0.15) is 23.1 Å². The summed E-state index contributed by atoms with van der Waals surface area (Å²) in [6.45, 7) is 4.34. The molecule has 3 rings (SSSR count). The number of amides is 1. The predicted octanol–water partition coefficient (Wildman–Crippen LogP) is 3.46. The van der Waals surface area contributed by atoms with Crippen LogP contribution in [-0.2, 0) is 22.3 Å². The number of hydrazine groups is 1. The van der Waals surface area contributed by atoms with Crippen LogP contribution in [0.5, 0.6) is 0 Å². The molecule has 0 radical (unpaired) electrons. The van der Waals surface area contributed by atoms with Gasteiger partial charge in [0, 0.05) is 42.3 Å². The first-order valence-electron chi connectivity index (χ1n) is 9.86. The van der Waals surface area contributed by atoms with E-state index in [4.69, 9.17) is 27.9 Å². The lowest BCUT2D eigenvalue weighted by molar-refractivity contribution is -0.137. The van der Waals surface area contributed by atoms with Crippen LogP contribution in [0.15, 0.2) is 61.6 Å². The van der Waals surface area contributed by atoms with Crippen molar-refractivity contribution in [1.29, 1.82) is 0 Å². The van der Waals surface area contributed by atoms with E-state index in [9.17, 15) is 18.0 Å². The van der Waals surface area contributed by atoms with Gasteiger partial charge in [0.2, 0.25) is 5.91 Å². The molecule has 0 bridgehead atoms. The molecule has 5 N–H and O–H groups in total. The fourth-order valence-electron chi connectivity index (χ4n) is 2.97. The number of carbonyl (C=O) groups is 1. The summed E-state index contributed by atoms with van der Waals surface area (Å²) in [5, 5.41) is 0.227. The minimum Gasteiger partial charge on any atom is -0.397 e. The summed E-state index contributed by atoms with van der Waals surface area (Å²) >= 11 is 5.91. The molecule has 7 nitrogen and oxygen atoms in total. The van der Waals surface area contributed by atoms with Crippen molar-refractivity contribution in [2.75, 3.05) is 13.1 Å². The second-order valence-corrected chi connectivity index (χ2v) is 7.43. The van der Waals surface area contributed by atoms with Gasteiger partial charge in [-0.2, -0.15) is 13.2 Å². The number of pyridine rings is 1. The lowest BCUT2D eigenvalue weighted by Gasteiger charge is -2.16. The Labute approximate surface area is 194 Å². The van der Waals surface area contributed by atoms with Crippen LogP contribution in [0.3, 0.4) is 0 Å². The van der Waals surface area contributed by atoms with E-state index in [0.29, 0.717) is 25.2 Å². The number of hydrogen-bond donors (Lipinski definition) is 3. The number of carbonyl (C=O) groups excluding carboxylic acids is 1. The van der Waals surface area contributed by atoms with E-state index >= 15 is 0 Å². The number of rotatable bonds is 6. The zero-order valence-corrected chi connectivity index (χ0v) is 18.4. The maximum atomic E-state index is 12.7. The zero-order valence-electron chi connectivity index (χ0n) is 17.7. The van der Waals surface area contributed by atoms with Gasteiger partial charge in [-0.25, -0.2) is 0 Å². The number of benzene rings is 1. The molecule has 1 unspecified atom stereocenters. The Balaban J connectivity index is 0.000000294. The summed E-state index contributed by atoms with van der Waals surface area (Å²) in [6.07, 6.45) is 2.10. The molecule has 11 heteroatoms. The molecule has 0 aliphatic carbocycles. The van der Waals surface area contributed by atoms with Gasteiger partial charge in [0.15, 0.2) is 0 Å². The predicted molar refractivity (Wildman–Crippen MR) is 120 cm³/mol. The van der Waals surface area contributed by atoms with Crippen molar-refractivity contribution in [2.45, 2.75) is 25.3 Å². The summed E-state index contributed by atoms with van der Waals surface area (Å²) in [4.78, 5) is 16.9. The minimum absolute atomic E-state index is 0.0243. The summed E-state index contributed by atoms with van der Waals surface area (Å²) in [5.41, 5.74) is 8.88. The van der Waals surface area contributed by atoms with Gasteiger partial charge in [-0.15, -0.1) is 0 Å². The summed E-state index contributed by atoms with van der Waals surface area (Å²) < 4.78 is 43.6. The summed E-state index contributed by atoms with van der Waals surface area (Å²) in [7, 11) is 0. The van der Waals surface area contributed by atoms with E-state index in [-0.39, 0.29) is 29.2 Å². The molecular formula is C22H25ClF3N5O2. The first kappa shape index (κ1) is 26.2. The number of aromatic nitrogens is 1. The standard InChI is InChI=1S/C15H15ClF3NO2.C7H10N4/c1-2-14(21)20-6-5-12(8-20)22-9-10-7-11(15(17,18)19)3-4-13(10)16;8-7(5-11-9)6-2-1-3-10-4-6/h2-4,7,12H,1,5-6,8-9H2;1-5,11H,8-9H2/b;7-5-. The molecule has 1 fully saturated rings. The third-order valence-electron chi connectivity index (χ3n) is 4.71. The maximum absolute atomic E-state index is 12.7. The lowest BCUT2D eigenvalue weighted by atomic mass is 10.1. The molecule has 178 valence electrons. The smallest absolute Gasteiger partial charge is 0.397 e. The van der Waals surface area contributed by atoms with Crippen LogP contribution >= 0.6 is 11.6 Å². The number of hydrogen-bond acceptors (Lipinski definition) is 6. The van der Waals surface area contributed by atoms with Crippen LogP contribution in [0, 0.1) is 0 Å². The lowest BCUT2D eigenvalue weighted by Crippen LogP contribution is -2.28. The Hall–Kier alpha value is -3.08. The van der Waals surface area contributed by atoms with Gasteiger partial charge in [0.05, 0.1) is 24.0 Å². The van der Waals surface area contributed by atoms with Crippen molar-refractivity contribution in [3.05, 3.63) is 83.3 Å². The van der Waals surface area contributed by atoms with Crippen molar-refractivity contribution >= 4 is 23.2 Å². The number of likely N-dealkylation sites (tertiary alicyclic amines) is 1. The van der Waals surface area contributed by atoms with E-state index in [2.05, 4.69) is 17.0 Å². The van der Waals surface area contributed by atoms with Gasteiger partial charge < -0.3 is 20.8 Å². The number of alkyl halides is 3. The molecule has 1 saturated heterocycles. The van der Waals surface area contributed by atoms with Crippen LogP contribution in [0.25, 0.3) is 5.70 Å². The fourth-order valence-corrected chi connectivity index (χ4v) is 3.14. The Morgan fingerprint density at radius 3 is 2.76 bits per heavy atom. The van der Waals surface area contributed by atoms with Crippen molar-refractivity contribution < 1.29 is 22.7 Å². The Bertz CT molecular complexity index is 970. The first-order valence-corrected chi connectivity index (χ1v) is 10.2. The minimum atomic E-state index is -4.42. The average molecular weight is 484 g/mol. The van der Waals surface area contributed by atoms with E-state index in [0.717, 1.165) is 17.7 Å². The number of nitrogens with zero attached hydrogens (tertiary/aromatic N) is 2. The number of nitrogens with one attached hydrogen (secondary N) is 1. The highest BCUT2D eigenvalue weighted by Crippen LogP contribution is 2.32. The van der Waals surface area contributed by atoms with Gasteiger partial charge in [0.25, 0.3) is 0 Å². The molecule has 1 atom stereocenters. The van der Waals surface area contributed by atoms with Gasteiger partial charge in [0.1, 0.15) is 0 Å². The van der Waals surface area contributed by atoms with E-state index in [1.807, 2.05) is 12.1 Å². The summed E-state index contributed by atoms with van der Waals surface area (Å²) in [6, 6.07) is 6.81. The maximum Gasteiger partial charge on any atom is 0.416 e. The molecule has 0 saturated carbocycles. The quantitative estimate of drug-likeness (QED) is 0.330. The normalized spacial score (nSPS) is 16.1. The largest absolute Gasteiger partial charge is 0.416 e. The Morgan fingerprint density at radius 1 is 1.39 bits per heavy atom. The first-order chi connectivity index (χ1) is 15.7. The number of nitrogens with two attached hydrogens (primary N) is 2. The van der Waals surface area contributed by atoms with Crippen molar-refractivity contribution in [1.82, 2.24) is 15.3 Å². The summed E-state index contributed by atoms with van der Waals surface area (Å²) in [5.74, 6) is 4.86. The SMILES string of the molecule is C=CC(=O)N1CCC(OCc2cc(C(F)(F)F)ccc2Cl)C1.NN/C=C(\N)c1cccnc1. The third-order valence-corrected chi connectivity index (χ3v) is 5.08. The highest BCUT2D eigenvalue weighted by molar-refractivity contribution is 6.31. The topological polar surface area (TPSA) is 106 Å². The van der Waals surface area contributed by atoms with Crippen LogP contribution < -0.4 is 17.0 Å². The highest BCUT2D eigenvalue weighted by atomic mass is 35.5. The Kier molecular flexibility index (Phi) is 9.71. The molecule has 1 aromatic carbocycles. The third kappa shape index (κ3) is 8.08. The molecule has 2 heterocycles. The molecule has 1 aliphatic rings. The fraction of sp³-hybridized carbons (Fsp3) is 0.273. The monoisotopic (exact) mass is 483 g/mol. The molecule has 2 aromatic rings. The molecular weight excluding hydrogens is 459 g/mol. The Morgan fingerprint density at radius 2 is 2.15 bits per heavy atom. The average Bonchev–Trinajstić information content (AvgIpc) is 3.27. The number of halogens is 4. The van der Waals surface area contributed by atoms with Crippen LogP contribution in [-0.4, -0.2) is 35.0 Å². The van der Waals surface area contributed by atoms with E-state index in [1.165, 1.54) is 18.3 Å². The zero-order chi connectivity index (χ0) is 24.4. The van der Waals surface area contributed by atoms with Crippen LogP contribution in [0.2, 0.25) is 5.02 Å². The highest BCUT2D eigenvalue weighted by Gasteiger charge is 2.31. The molecule has 33 heavy (non-hydrogen) atoms. The van der Waals surface area contributed by atoms with Crippen molar-refractivity contribution in [2.24, 2.45) is 11.6 Å². The van der Waals surface area contributed by atoms with Gasteiger partial charge >= 0.3 is 6.18 Å². The molecule has 1 aliphatic heterocycles. The number of ether oxygens (including phenoxy) is 1. The molecule has 1 aromatic heterocycles. The second kappa shape index (κ2) is 12.2. The van der Waals surface area contributed by atoms with Crippen LogP contribution in [0.4, 0.5) is 13.2 Å². The van der Waals surface area contributed by atoms with Gasteiger partial charge in [-0.3, -0.25) is 15.6 Å². The molecule has 1 amide bonds. The van der Waals surface area contributed by atoms with E-state index in [1.54, 1.807) is 17.3 Å². The molecule has 0 spiro atoms. The second-order valence-electron chi connectivity index (χ2n) is 7.02. The van der Waals surface area contributed by atoms with Gasteiger partial charge in [-0.05, 0) is 48.4 Å². The van der Waals surface area contributed by atoms with Gasteiger partial charge in [-0.1, -0.05) is 18.2 Å². The van der Waals surface area contributed by atoms with E-state index < -0.39 is 11.7 Å². The van der Waals surface area contributed by atoms with Crippen molar-refractivity contribution in [3.8, 4) is 0 Å².